The molecule has 0 saturated carbocycles. The predicted octanol–water partition coefficient (Wildman–Crippen LogP) is 2.41. The van der Waals surface area contributed by atoms with E-state index in [0.29, 0.717) is 5.56 Å². The minimum Gasteiger partial charge on any atom is -0.321 e. The van der Waals surface area contributed by atoms with Gasteiger partial charge in [-0.3, -0.25) is 4.79 Å². The fourth-order valence-electron chi connectivity index (χ4n) is 1.90. The van der Waals surface area contributed by atoms with Crippen molar-refractivity contribution in [3.05, 3.63) is 35.7 Å². The van der Waals surface area contributed by atoms with E-state index in [1.165, 1.54) is 0 Å². The molecule has 0 unspecified atom stereocenters. The molecule has 0 aliphatic carbocycles. The Labute approximate surface area is 113 Å². The van der Waals surface area contributed by atoms with Gasteiger partial charge in [-0.2, -0.15) is 5.10 Å². The largest absolute Gasteiger partial charge is 0.321 e. The van der Waals surface area contributed by atoms with E-state index in [2.05, 4.69) is 5.10 Å². The van der Waals surface area contributed by atoms with Gasteiger partial charge < -0.3 is 5.73 Å². The molecule has 2 aromatic rings. The van der Waals surface area contributed by atoms with Crippen LogP contribution in [0, 0.1) is 0 Å². The first-order valence-corrected chi connectivity index (χ1v) is 5.79. The van der Waals surface area contributed by atoms with E-state index >= 15 is 0 Å². The molecular weight excluding hydrogens is 250 g/mol. The number of hydrogen-bond donors (Lipinski definition) is 1. The van der Waals surface area contributed by atoms with Gasteiger partial charge in [0, 0.05) is 6.20 Å². The van der Waals surface area contributed by atoms with Gasteiger partial charge >= 0.3 is 0 Å². The third kappa shape index (κ3) is 2.40. The van der Waals surface area contributed by atoms with Crippen molar-refractivity contribution in [2.45, 2.75) is 32.7 Å². The maximum Gasteiger partial charge on any atom is 0.183 e. The smallest absolute Gasteiger partial charge is 0.183 e. The van der Waals surface area contributed by atoms with Gasteiger partial charge in [0.1, 0.15) is 0 Å². The molecule has 2 heterocycles. The molecule has 2 N–H and O–H groups in total. The highest BCUT2D eigenvalue weighted by molar-refractivity contribution is 6.06. The molecule has 0 aromatic carbocycles. The van der Waals surface area contributed by atoms with Crippen LogP contribution in [-0.4, -0.2) is 21.4 Å². The molecule has 0 spiro atoms. The van der Waals surface area contributed by atoms with Gasteiger partial charge in [-0.05, 0) is 25.0 Å². The summed E-state index contributed by atoms with van der Waals surface area (Å²) in [4.78, 5) is 12.2. The van der Waals surface area contributed by atoms with Gasteiger partial charge in [0.2, 0.25) is 0 Å². The number of fused-ring (bicyclic) bond motifs is 1. The lowest BCUT2D eigenvalue weighted by atomic mass is 9.98. The fraction of sp³-hybridized carbons (Fsp3) is 0.385. The number of halogens is 1. The number of pyridine rings is 1. The lowest BCUT2D eigenvalue weighted by molar-refractivity contribution is 0.0968. The molecule has 98 valence electrons. The van der Waals surface area contributed by atoms with E-state index in [1.54, 1.807) is 11.4 Å². The number of Topliss-reactive ketones (excluding diaryl/α,β-unsaturated/α-hetero) is 1. The van der Waals surface area contributed by atoms with Gasteiger partial charge in [0.25, 0.3) is 0 Å². The van der Waals surface area contributed by atoms with Gasteiger partial charge in [-0.25, -0.2) is 4.52 Å². The Morgan fingerprint density at radius 1 is 1.33 bits per heavy atom. The average molecular weight is 268 g/mol. The third-order valence-electron chi connectivity index (χ3n) is 2.77. The number of hydrogen-bond acceptors (Lipinski definition) is 3. The Hall–Kier alpha value is -1.39. The lowest BCUT2D eigenvalue weighted by Gasteiger charge is -2.07. The van der Waals surface area contributed by atoms with Gasteiger partial charge in [0.05, 0.1) is 22.8 Å². The average Bonchev–Trinajstić information content (AvgIpc) is 2.67. The molecule has 0 amide bonds. The van der Waals surface area contributed by atoms with Crippen molar-refractivity contribution in [3.8, 4) is 0 Å². The number of carbonyl (C=O) groups excluding carboxylic acids is 1. The molecule has 0 saturated heterocycles. The molecule has 5 heteroatoms. The summed E-state index contributed by atoms with van der Waals surface area (Å²) in [5, 5.41) is 4.46. The SMILES string of the molecule is CC(C)c1nn2ccccc2c1C(=O)[C@H](C)N.Cl. The second-order valence-corrected chi connectivity index (χ2v) is 4.60. The maximum atomic E-state index is 12.2. The summed E-state index contributed by atoms with van der Waals surface area (Å²) < 4.78 is 1.74. The minimum atomic E-state index is -0.499. The Balaban J connectivity index is 0.00000162. The summed E-state index contributed by atoms with van der Waals surface area (Å²) in [5.74, 6) is 0.155. The van der Waals surface area contributed by atoms with Crippen LogP contribution >= 0.6 is 12.4 Å². The molecule has 18 heavy (non-hydrogen) atoms. The number of nitrogens with two attached hydrogens (primary N) is 1. The van der Waals surface area contributed by atoms with Crippen molar-refractivity contribution in [2.24, 2.45) is 5.73 Å². The first-order chi connectivity index (χ1) is 8.02. The molecule has 2 aromatic heterocycles. The minimum absolute atomic E-state index is 0. The van der Waals surface area contributed by atoms with Crippen LogP contribution in [0.15, 0.2) is 24.4 Å². The zero-order valence-electron chi connectivity index (χ0n) is 10.8. The van der Waals surface area contributed by atoms with Crippen LogP contribution in [-0.2, 0) is 0 Å². The van der Waals surface area contributed by atoms with E-state index in [1.807, 2.05) is 38.2 Å². The van der Waals surface area contributed by atoms with Gasteiger partial charge in [-0.15, -0.1) is 12.4 Å². The second-order valence-electron chi connectivity index (χ2n) is 4.60. The first-order valence-electron chi connectivity index (χ1n) is 5.79. The van der Waals surface area contributed by atoms with Crippen molar-refractivity contribution < 1.29 is 4.79 Å². The zero-order chi connectivity index (χ0) is 12.6. The molecule has 0 fully saturated rings. The summed E-state index contributed by atoms with van der Waals surface area (Å²) in [6.45, 7) is 5.76. The van der Waals surface area contributed by atoms with Crippen LogP contribution in [0.25, 0.3) is 5.52 Å². The van der Waals surface area contributed by atoms with E-state index in [0.717, 1.165) is 11.2 Å². The summed E-state index contributed by atoms with van der Waals surface area (Å²) >= 11 is 0. The molecule has 1 atom stereocenters. The van der Waals surface area contributed by atoms with Crippen LogP contribution in [0.4, 0.5) is 0 Å². The number of carbonyl (C=O) groups is 1. The summed E-state index contributed by atoms with van der Waals surface area (Å²) in [5.41, 5.74) is 8.01. The van der Waals surface area contributed by atoms with Crippen molar-refractivity contribution in [1.82, 2.24) is 9.61 Å². The number of rotatable bonds is 3. The standard InChI is InChI=1S/C13H17N3O.ClH/c1-8(2)12-11(13(17)9(3)14)10-6-4-5-7-16(10)15-12;/h4-9H,14H2,1-3H3;1H/t9-;/m0./s1. The molecule has 4 nitrogen and oxygen atoms in total. The quantitative estimate of drug-likeness (QED) is 0.869. The Morgan fingerprint density at radius 2 is 2.00 bits per heavy atom. The predicted molar refractivity (Wildman–Crippen MR) is 74.5 cm³/mol. The monoisotopic (exact) mass is 267 g/mol. The second kappa shape index (κ2) is 5.50. The highest BCUT2D eigenvalue weighted by Crippen LogP contribution is 2.23. The van der Waals surface area contributed by atoms with E-state index in [-0.39, 0.29) is 24.1 Å². The lowest BCUT2D eigenvalue weighted by Crippen LogP contribution is -2.27. The van der Waals surface area contributed by atoms with Crippen LogP contribution in [0.1, 0.15) is 42.7 Å². The molecule has 0 bridgehead atoms. The Kier molecular flexibility index (Phi) is 4.48. The van der Waals surface area contributed by atoms with Crippen molar-refractivity contribution in [2.75, 3.05) is 0 Å². The van der Waals surface area contributed by atoms with Crippen molar-refractivity contribution >= 4 is 23.7 Å². The molecule has 0 aliphatic heterocycles. The third-order valence-corrected chi connectivity index (χ3v) is 2.77. The summed E-state index contributed by atoms with van der Waals surface area (Å²) in [7, 11) is 0. The zero-order valence-corrected chi connectivity index (χ0v) is 11.6. The highest BCUT2D eigenvalue weighted by atomic mass is 35.5. The van der Waals surface area contributed by atoms with Gasteiger partial charge in [0.15, 0.2) is 5.78 Å². The fourth-order valence-corrected chi connectivity index (χ4v) is 1.90. The first kappa shape index (κ1) is 14.7. The normalized spacial score (nSPS) is 12.5. The molecule has 0 aliphatic rings. The summed E-state index contributed by atoms with van der Waals surface area (Å²) in [6, 6.07) is 5.19. The molecular formula is C13H18ClN3O. The van der Waals surface area contributed by atoms with Crippen molar-refractivity contribution in [1.29, 1.82) is 0 Å². The van der Waals surface area contributed by atoms with Crippen LogP contribution in [0.2, 0.25) is 0 Å². The number of aromatic nitrogens is 2. The van der Waals surface area contributed by atoms with Crippen LogP contribution in [0.3, 0.4) is 0 Å². The highest BCUT2D eigenvalue weighted by Gasteiger charge is 2.23. The van der Waals surface area contributed by atoms with E-state index in [4.69, 9.17) is 5.73 Å². The Morgan fingerprint density at radius 3 is 2.56 bits per heavy atom. The van der Waals surface area contributed by atoms with Gasteiger partial charge in [-0.1, -0.05) is 19.9 Å². The van der Waals surface area contributed by atoms with E-state index < -0.39 is 6.04 Å². The number of nitrogens with zero attached hydrogens (tertiary/aromatic N) is 2. The van der Waals surface area contributed by atoms with Crippen LogP contribution < -0.4 is 5.73 Å². The molecule has 0 radical (unpaired) electrons. The van der Waals surface area contributed by atoms with Crippen molar-refractivity contribution in [3.63, 3.8) is 0 Å². The van der Waals surface area contributed by atoms with Crippen LogP contribution in [0.5, 0.6) is 0 Å². The van der Waals surface area contributed by atoms with E-state index in [9.17, 15) is 4.79 Å². The Bertz CT molecular complexity index is 560. The molecule has 2 rings (SSSR count). The maximum absolute atomic E-state index is 12.2. The number of ketones is 1. The summed E-state index contributed by atoms with van der Waals surface area (Å²) in [6.07, 6.45) is 1.85. The topological polar surface area (TPSA) is 60.4 Å².